The van der Waals surface area contributed by atoms with Crippen LogP contribution in [-0.4, -0.2) is 48.7 Å². The summed E-state index contributed by atoms with van der Waals surface area (Å²) < 4.78 is 23.7. The lowest BCUT2D eigenvalue weighted by atomic mass is 9.94. The molecule has 0 unspecified atom stereocenters. The van der Waals surface area contributed by atoms with Crippen molar-refractivity contribution in [1.82, 2.24) is 4.98 Å². The van der Waals surface area contributed by atoms with E-state index in [1.54, 1.807) is 56.7 Å². The zero-order chi connectivity index (χ0) is 31.0. The van der Waals surface area contributed by atoms with Crippen LogP contribution in [0.3, 0.4) is 0 Å². The number of thiazole rings is 1. The summed E-state index contributed by atoms with van der Waals surface area (Å²) >= 11 is 1.27. The van der Waals surface area contributed by atoms with E-state index < -0.39 is 17.7 Å². The highest BCUT2D eigenvalue weighted by Gasteiger charge is 2.48. The largest absolute Gasteiger partial charge is 0.507 e. The highest BCUT2D eigenvalue weighted by atomic mass is 32.1. The number of amides is 1. The number of hydrogen-bond donors (Lipinski definition) is 1. The Bertz CT molecular complexity index is 1780. The maximum Gasteiger partial charge on any atom is 0.301 e. The van der Waals surface area contributed by atoms with Crippen LogP contribution in [0.15, 0.2) is 60.2 Å². The molecule has 2 atom stereocenters. The van der Waals surface area contributed by atoms with Gasteiger partial charge in [0, 0.05) is 12.0 Å². The SMILES string of the molecule is CCCCCOc1ccc([C@@H]2C(=C(O)c3ccc4c(c3)C[C@H](C)O4)C(=O)C(=O)N2c2nc3ccc(OC)cc3s2)cc1OC. The van der Waals surface area contributed by atoms with E-state index in [9.17, 15) is 14.7 Å². The Morgan fingerprint density at radius 2 is 1.89 bits per heavy atom. The topological polar surface area (TPSA) is 107 Å². The summed E-state index contributed by atoms with van der Waals surface area (Å²) in [7, 11) is 3.13. The van der Waals surface area contributed by atoms with Crippen LogP contribution >= 0.6 is 11.3 Å². The van der Waals surface area contributed by atoms with E-state index in [-0.39, 0.29) is 17.4 Å². The molecule has 44 heavy (non-hydrogen) atoms. The van der Waals surface area contributed by atoms with Crippen LogP contribution in [0.1, 0.15) is 55.8 Å². The molecule has 2 aliphatic heterocycles. The highest BCUT2D eigenvalue weighted by molar-refractivity contribution is 7.22. The van der Waals surface area contributed by atoms with Crippen LogP contribution < -0.4 is 23.8 Å². The average Bonchev–Trinajstić information content (AvgIpc) is 3.70. The maximum atomic E-state index is 13.8. The number of nitrogens with zero attached hydrogens (tertiary/aromatic N) is 2. The molecule has 1 saturated heterocycles. The number of Topliss-reactive ketones (excluding diaryl/α,β-unsaturated/α-hetero) is 1. The lowest BCUT2D eigenvalue weighted by Gasteiger charge is -2.24. The summed E-state index contributed by atoms with van der Waals surface area (Å²) in [6.45, 7) is 4.64. The molecule has 1 fully saturated rings. The Balaban J connectivity index is 1.48. The van der Waals surface area contributed by atoms with Crippen molar-refractivity contribution in [1.29, 1.82) is 0 Å². The monoisotopic (exact) mass is 614 g/mol. The molecule has 0 aliphatic carbocycles. The van der Waals surface area contributed by atoms with Gasteiger partial charge in [-0.2, -0.15) is 0 Å². The Morgan fingerprint density at radius 3 is 2.66 bits per heavy atom. The first kappa shape index (κ1) is 29.5. The number of hydrogen-bond acceptors (Lipinski definition) is 9. The van der Waals surface area contributed by atoms with Gasteiger partial charge >= 0.3 is 5.91 Å². The first-order valence-corrected chi connectivity index (χ1v) is 15.5. The number of aliphatic hydroxyl groups is 1. The van der Waals surface area contributed by atoms with Gasteiger partial charge in [0.05, 0.1) is 42.7 Å². The van der Waals surface area contributed by atoms with Gasteiger partial charge < -0.3 is 24.1 Å². The first-order valence-electron chi connectivity index (χ1n) is 14.7. The highest BCUT2D eigenvalue weighted by Crippen LogP contribution is 2.46. The van der Waals surface area contributed by atoms with Crippen LogP contribution in [-0.2, 0) is 16.0 Å². The van der Waals surface area contributed by atoms with Gasteiger partial charge in [0.1, 0.15) is 23.4 Å². The fraction of sp³-hybridized carbons (Fsp3) is 0.324. The number of aliphatic hydroxyl groups excluding tert-OH is 1. The van der Waals surface area contributed by atoms with Crippen molar-refractivity contribution in [2.24, 2.45) is 0 Å². The van der Waals surface area contributed by atoms with Crippen LogP contribution in [0.4, 0.5) is 5.13 Å². The van der Waals surface area contributed by atoms with Crippen molar-refractivity contribution in [2.75, 3.05) is 25.7 Å². The molecule has 2 aliphatic rings. The molecule has 6 rings (SSSR count). The number of unbranched alkanes of at least 4 members (excludes halogenated alkanes) is 2. The van der Waals surface area contributed by atoms with Crippen molar-refractivity contribution in [3.8, 4) is 23.0 Å². The maximum absolute atomic E-state index is 13.8. The zero-order valence-corrected chi connectivity index (χ0v) is 25.9. The van der Waals surface area contributed by atoms with E-state index in [1.807, 2.05) is 19.1 Å². The summed E-state index contributed by atoms with van der Waals surface area (Å²) in [5.74, 6) is 0.579. The molecule has 0 bridgehead atoms. The van der Waals surface area contributed by atoms with Crippen molar-refractivity contribution in [3.63, 3.8) is 0 Å². The van der Waals surface area contributed by atoms with E-state index in [4.69, 9.17) is 23.9 Å². The second-order valence-corrected chi connectivity index (χ2v) is 11.9. The second kappa shape index (κ2) is 12.2. The molecule has 4 aromatic rings. The van der Waals surface area contributed by atoms with Gasteiger partial charge in [0.15, 0.2) is 16.6 Å². The Labute approximate surface area is 259 Å². The van der Waals surface area contributed by atoms with Gasteiger partial charge in [-0.1, -0.05) is 37.2 Å². The second-order valence-electron chi connectivity index (χ2n) is 10.9. The minimum absolute atomic E-state index is 0.0146. The summed E-state index contributed by atoms with van der Waals surface area (Å²) in [5, 5.41) is 12.0. The number of ketones is 1. The first-order chi connectivity index (χ1) is 21.3. The molecule has 3 aromatic carbocycles. The van der Waals surface area contributed by atoms with Gasteiger partial charge in [-0.3, -0.25) is 14.5 Å². The fourth-order valence-corrected chi connectivity index (χ4v) is 6.72. The number of fused-ring (bicyclic) bond motifs is 2. The van der Waals surface area contributed by atoms with Crippen LogP contribution in [0.2, 0.25) is 0 Å². The van der Waals surface area contributed by atoms with Crippen molar-refractivity contribution in [2.45, 2.75) is 51.7 Å². The molecular formula is C34H34N2O7S. The number of methoxy groups -OCH3 is 2. The molecule has 3 heterocycles. The van der Waals surface area contributed by atoms with Crippen molar-refractivity contribution >= 4 is 44.1 Å². The minimum atomic E-state index is -0.969. The standard InChI is InChI=1S/C34H34N2O7S/c1-5-6-7-14-42-26-13-8-20(17-27(26)41-4)30-29(31(37)21-9-12-25-22(16-21)15-19(2)43-25)32(38)33(39)36(30)34-35-24-11-10-23(40-3)18-28(24)44-34/h8-13,16-19,30,37H,5-7,14-15H2,1-4H3/t19-,30+/m0/s1. The third-order valence-electron chi connectivity index (χ3n) is 7.91. The summed E-state index contributed by atoms with van der Waals surface area (Å²) in [4.78, 5) is 33.6. The fourth-order valence-electron chi connectivity index (χ4n) is 5.70. The minimum Gasteiger partial charge on any atom is -0.507 e. The van der Waals surface area contributed by atoms with Gasteiger partial charge in [0.2, 0.25) is 0 Å². The van der Waals surface area contributed by atoms with E-state index in [2.05, 4.69) is 6.92 Å². The Hall–Kier alpha value is -4.57. The molecule has 1 N–H and O–H groups in total. The third kappa shape index (κ3) is 5.34. The molecule has 1 aromatic heterocycles. The molecule has 0 saturated carbocycles. The Kier molecular flexibility index (Phi) is 8.18. The normalized spacial score (nSPS) is 18.9. The molecule has 228 valence electrons. The number of carbonyl (C=O) groups is 2. The van der Waals surface area contributed by atoms with E-state index >= 15 is 0 Å². The van der Waals surface area contributed by atoms with Crippen LogP contribution in [0, 0.1) is 0 Å². The molecule has 10 heteroatoms. The number of anilines is 1. The molecule has 0 spiro atoms. The predicted molar refractivity (Wildman–Crippen MR) is 169 cm³/mol. The van der Waals surface area contributed by atoms with Crippen molar-refractivity contribution < 1.29 is 33.6 Å². The van der Waals surface area contributed by atoms with Crippen molar-refractivity contribution in [3.05, 3.63) is 76.9 Å². The predicted octanol–water partition coefficient (Wildman–Crippen LogP) is 6.83. The van der Waals surface area contributed by atoms with Gasteiger partial charge in [-0.15, -0.1) is 0 Å². The number of ether oxygens (including phenoxy) is 4. The summed E-state index contributed by atoms with van der Waals surface area (Å²) in [6, 6.07) is 15.1. The smallest absolute Gasteiger partial charge is 0.301 e. The zero-order valence-electron chi connectivity index (χ0n) is 25.1. The number of benzene rings is 3. The van der Waals surface area contributed by atoms with Gasteiger partial charge in [-0.05, 0) is 73.0 Å². The van der Waals surface area contributed by atoms with Gasteiger partial charge in [0.25, 0.3) is 5.78 Å². The lowest BCUT2D eigenvalue weighted by molar-refractivity contribution is -0.132. The number of carbonyl (C=O) groups excluding carboxylic acids is 2. The summed E-state index contributed by atoms with van der Waals surface area (Å²) in [6.07, 6.45) is 3.74. The average molecular weight is 615 g/mol. The van der Waals surface area contributed by atoms with E-state index in [0.717, 1.165) is 35.3 Å². The quantitative estimate of drug-likeness (QED) is 0.0896. The van der Waals surface area contributed by atoms with Crippen LogP contribution in [0.25, 0.3) is 16.0 Å². The third-order valence-corrected chi connectivity index (χ3v) is 8.93. The lowest BCUT2D eigenvalue weighted by Crippen LogP contribution is -2.29. The number of aromatic nitrogens is 1. The summed E-state index contributed by atoms with van der Waals surface area (Å²) in [5.41, 5.74) is 2.56. The molecule has 0 radical (unpaired) electrons. The van der Waals surface area contributed by atoms with Crippen LogP contribution in [0.5, 0.6) is 23.0 Å². The molecule has 9 nitrogen and oxygen atoms in total. The van der Waals surface area contributed by atoms with E-state index in [0.29, 0.717) is 52.1 Å². The number of rotatable bonds is 10. The van der Waals surface area contributed by atoms with Gasteiger partial charge in [-0.25, -0.2) is 4.98 Å². The van der Waals surface area contributed by atoms with E-state index in [1.165, 1.54) is 16.2 Å². The molecule has 1 amide bonds. The Morgan fingerprint density at radius 1 is 1.05 bits per heavy atom. The molecular weight excluding hydrogens is 580 g/mol.